The summed E-state index contributed by atoms with van der Waals surface area (Å²) < 4.78 is 0. The molecular formula is C31H60O8. The summed E-state index contributed by atoms with van der Waals surface area (Å²) in [6, 6.07) is 0. The molecule has 0 bridgehead atoms. The van der Waals surface area contributed by atoms with E-state index in [-0.39, 0.29) is 0 Å². The lowest BCUT2D eigenvalue weighted by Gasteiger charge is -2.42. The Bertz CT molecular complexity index is 669. The average molecular weight is 561 g/mol. The Morgan fingerprint density at radius 2 is 0.795 bits per heavy atom. The van der Waals surface area contributed by atoms with Gasteiger partial charge in [-0.05, 0) is 133 Å². The third-order valence-corrected chi connectivity index (χ3v) is 6.94. The topological polar surface area (TPSA) is 73.8 Å². The van der Waals surface area contributed by atoms with Crippen molar-refractivity contribution in [3.63, 3.8) is 0 Å². The summed E-state index contributed by atoms with van der Waals surface area (Å²) in [7, 11) is 0. The molecule has 0 aromatic heterocycles. The van der Waals surface area contributed by atoms with Gasteiger partial charge in [0.15, 0.2) is 0 Å². The Morgan fingerprint density at radius 1 is 0.513 bits per heavy atom. The first-order chi connectivity index (χ1) is 17.6. The largest absolute Gasteiger partial charge is 0.234 e. The molecule has 8 heteroatoms. The molecular weight excluding hydrogens is 500 g/mol. The van der Waals surface area contributed by atoms with Gasteiger partial charge < -0.3 is 0 Å². The minimum Gasteiger partial charge on any atom is -0.228 e. The van der Waals surface area contributed by atoms with E-state index in [9.17, 15) is 0 Å². The van der Waals surface area contributed by atoms with E-state index in [4.69, 9.17) is 39.1 Å². The Balaban J connectivity index is 1.93. The molecule has 232 valence electrons. The molecule has 0 N–H and O–H groups in total. The molecule has 0 aliphatic heterocycles. The molecule has 2 aliphatic carbocycles. The first kappa shape index (κ1) is 34.9. The Hall–Kier alpha value is -0.320. The summed E-state index contributed by atoms with van der Waals surface area (Å²) in [5, 5.41) is 0. The maximum Gasteiger partial charge on any atom is 0.234 e. The molecule has 0 saturated heterocycles. The molecule has 8 nitrogen and oxygen atoms in total. The highest BCUT2D eigenvalue weighted by atomic mass is 17.3. The summed E-state index contributed by atoms with van der Waals surface area (Å²) >= 11 is 0. The SMILES string of the molecule is CC(CC1CCC(OOC(C)(C)C)(OOC(C)(C)C)CC1)C1CCC(OOC(C)(C)C)(OOC(C)(C)C)CC1. The zero-order chi connectivity index (χ0) is 29.8. The number of hydrogen-bond donors (Lipinski definition) is 0. The van der Waals surface area contributed by atoms with Gasteiger partial charge in [-0.25, -0.2) is 19.6 Å². The molecule has 2 fully saturated rings. The van der Waals surface area contributed by atoms with Gasteiger partial charge in [0, 0.05) is 25.7 Å². The van der Waals surface area contributed by atoms with Crippen molar-refractivity contribution in [3.8, 4) is 0 Å². The van der Waals surface area contributed by atoms with Crippen molar-refractivity contribution in [2.45, 2.75) is 182 Å². The summed E-state index contributed by atoms with van der Waals surface area (Å²) in [5.41, 5.74) is -1.71. The second-order valence-electron chi connectivity index (χ2n) is 15.9. The predicted molar refractivity (Wildman–Crippen MR) is 151 cm³/mol. The molecule has 0 radical (unpaired) electrons. The maximum absolute atomic E-state index is 5.93. The van der Waals surface area contributed by atoms with Crippen LogP contribution in [-0.4, -0.2) is 34.0 Å². The van der Waals surface area contributed by atoms with E-state index in [2.05, 4.69) is 6.92 Å². The van der Waals surface area contributed by atoms with Gasteiger partial charge in [0.05, 0.1) is 22.4 Å². The van der Waals surface area contributed by atoms with Crippen LogP contribution in [0.3, 0.4) is 0 Å². The van der Waals surface area contributed by atoms with E-state index < -0.39 is 34.0 Å². The first-order valence-electron chi connectivity index (χ1n) is 15.1. The molecule has 0 aromatic rings. The highest BCUT2D eigenvalue weighted by molar-refractivity contribution is 4.85. The minimum absolute atomic E-state index is 0.428. The van der Waals surface area contributed by atoms with Crippen molar-refractivity contribution in [3.05, 3.63) is 0 Å². The zero-order valence-corrected chi connectivity index (χ0v) is 27.4. The van der Waals surface area contributed by atoms with E-state index in [1.54, 1.807) is 0 Å². The van der Waals surface area contributed by atoms with Crippen LogP contribution in [0.4, 0.5) is 0 Å². The molecule has 0 aromatic carbocycles. The van der Waals surface area contributed by atoms with Gasteiger partial charge >= 0.3 is 0 Å². The van der Waals surface area contributed by atoms with Crippen LogP contribution in [0.5, 0.6) is 0 Å². The van der Waals surface area contributed by atoms with Crippen molar-refractivity contribution in [2.75, 3.05) is 0 Å². The van der Waals surface area contributed by atoms with Gasteiger partial charge in [-0.2, -0.15) is 19.6 Å². The Kier molecular flexibility index (Phi) is 11.9. The van der Waals surface area contributed by atoms with Crippen LogP contribution in [0.2, 0.25) is 0 Å². The van der Waals surface area contributed by atoms with Gasteiger partial charge in [0.2, 0.25) is 11.6 Å². The molecule has 0 heterocycles. The van der Waals surface area contributed by atoms with Crippen LogP contribution in [0, 0.1) is 17.8 Å². The smallest absolute Gasteiger partial charge is 0.228 e. The second-order valence-corrected chi connectivity index (χ2v) is 15.9. The Morgan fingerprint density at radius 3 is 1.08 bits per heavy atom. The van der Waals surface area contributed by atoms with E-state index in [0.29, 0.717) is 17.8 Å². The monoisotopic (exact) mass is 560 g/mol. The van der Waals surface area contributed by atoms with Gasteiger partial charge in [0.25, 0.3) is 0 Å². The molecule has 1 atom stereocenters. The summed E-state index contributed by atoms with van der Waals surface area (Å²) in [5.74, 6) is 0.0423. The zero-order valence-electron chi connectivity index (χ0n) is 27.4. The highest BCUT2D eigenvalue weighted by Gasteiger charge is 2.45. The third-order valence-electron chi connectivity index (χ3n) is 6.94. The summed E-state index contributed by atoms with van der Waals surface area (Å²) in [6.07, 6.45) is 8.14. The quantitative estimate of drug-likeness (QED) is 0.141. The Labute approximate surface area is 238 Å². The van der Waals surface area contributed by atoms with Crippen molar-refractivity contribution in [1.29, 1.82) is 0 Å². The van der Waals surface area contributed by atoms with Gasteiger partial charge in [-0.3, -0.25) is 0 Å². The van der Waals surface area contributed by atoms with Crippen molar-refractivity contribution >= 4 is 0 Å². The number of rotatable bonds is 11. The van der Waals surface area contributed by atoms with Crippen LogP contribution in [0.15, 0.2) is 0 Å². The fraction of sp³-hybridized carbons (Fsp3) is 1.00. The fourth-order valence-electron chi connectivity index (χ4n) is 4.89. The van der Waals surface area contributed by atoms with Crippen molar-refractivity contribution < 1.29 is 39.1 Å². The van der Waals surface area contributed by atoms with Gasteiger partial charge in [-0.1, -0.05) is 6.92 Å². The summed E-state index contributed by atoms with van der Waals surface area (Å²) in [4.78, 5) is 46.5. The lowest BCUT2D eigenvalue weighted by Crippen LogP contribution is -2.45. The first-order valence-corrected chi connectivity index (χ1v) is 15.1. The molecule has 2 saturated carbocycles. The third kappa shape index (κ3) is 13.5. The van der Waals surface area contributed by atoms with Crippen LogP contribution >= 0.6 is 0 Å². The molecule has 0 spiro atoms. The molecule has 0 amide bonds. The normalized spacial score (nSPS) is 22.7. The fourth-order valence-corrected chi connectivity index (χ4v) is 4.89. The number of hydrogen-bond acceptors (Lipinski definition) is 8. The van der Waals surface area contributed by atoms with E-state index in [1.165, 1.54) is 6.42 Å². The average Bonchev–Trinajstić information content (AvgIpc) is 2.79. The summed E-state index contributed by atoms with van der Waals surface area (Å²) in [6.45, 7) is 26.0. The van der Waals surface area contributed by atoms with Crippen LogP contribution < -0.4 is 0 Å². The van der Waals surface area contributed by atoms with Gasteiger partial charge in [-0.15, -0.1) is 0 Å². The van der Waals surface area contributed by atoms with Crippen molar-refractivity contribution in [1.82, 2.24) is 0 Å². The van der Waals surface area contributed by atoms with E-state index in [1.807, 2.05) is 83.1 Å². The van der Waals surface area contributed by atoms with Gasteiger partial charge in [0.1, 0.15) is 0 Å². The van der Waals surface area contributed by atoms with E-state index in [0.717, 1.165) is 51.4 Å². The lowest BCUT2D eigenvalue weighted by atomic mass is 9.72. The maximum atomic E-state index is 5.93. The van der Waals surface area contributed by atoms with Crippen LogP contribution in [0.25, 0.3) is 0 Å². The van der Waals surface area contributed by atoms with Crippen molar-refractivity contribution in [2.24, 2.45) is 17.8 Å². The molecule has 39 heavy (non-hydrogen) atoms. The predicted octanol–water partition coefficient (Wildman–Crippen LogP) is 8.77. The second kappa shape index (κ2) is 13.3. The lowest BCUT2D eigenvalue weighted by molar-refractivity contribution is -0.546. The molecule has 1 unspecified atom stereocenters. The van der Waals surface area contributed by atoms with Crippen LogP contribution in [-0.2, 0) is 39.1 Å². The molecule has 2 rings (SSSR count). The minimum atomic E-state index is -0.879. The highest BCUT2D eigenvalue weighted by Crippen LogP contribution is 2.45. The van der Waals surface area contributed by atoms with Crippen LogP contribution in [0.1, 0.15) is 148 Å². The van der Waals surface area contributed by atoms with E-state index >= 15 is 0 Å². The standard InChI is InChI=1S/C31H60O8/c1-23(25-16-20-31(21-17-25,38-34-28(8,9)10)39-35-29(11,12)13)22-24-14-18-30(19-15-24,36-32-26(2,3)4)37-33-27(5,6)7/h23-25H,14-22H2,1-13H3. The molecule has 2 aliphatic rings.